The molecule has 0 saturated carbocycles. The quantitative estimate of drug-likeness (QED) is 0.408. The molecule has 0 bridgehead atoms. The molecule has 0 amide bonds. The lowest BCUT2D eigenvalue weighted by Crippen LogP contribution is -2.33. The van der Waals surface area contributed by atoms with E-state index in [0.717, 1.165) is 25.4 Å². The van der Waals surface area contributed by atoms with Crippen molar-refractivity contribution in [1.29, 1.82) is 5.26 Å². The lowest BCUT2D eigenvalue weighted by molar-refractivity contribution is 0.737. The van der Waals surface area contributed by atoms with Crippen molar-refractivity contribution in [2.75, 3.05) is 6.16 Å². The molecule has 0 spiro atoms. The number of rotatable bonds is 8. The summed E-state index contributed by atoms with van der Waals surface area (Å²) in [5.74, 6) is 0. The zero-order valence-corrected chi connectivity index (χ0v) is 16.0. The van der Waals surface area contributed by atoms with E-state index in [9.17, 15) is 0 Å². The first-order chi connectivity index (χ1) is 12.9. The highest BCUT2D eigenvalue weighted by Gasteiger charge is 2.44. The molecular formula is C24H25NP+. The van der Waals surface area contributed by atoms with Crippen LogP contribution in [0.3, 0.4) is 0 Å². The van der Waals surface area contributed by atoms with Gasteiger partial charge < -0.3 is 0 Å². The minimum Gasteiger partial charge on any atom is -0.198 e. The molecular weight excluding hydrogens is 333 g/mol. The predicted octanol–water partition coefficient (Wildman–Crippen LogP) is 5.06. The normalized spacial score (nSPS) is 11.0. The highest BCUT2D eigenvalue weighted by molar-refractivity contribution is 7.95. The Labute approximate surface area is 157 Å². The third kappa shape index (κ3) is 4.04. The number of benzene rings is 3. The van der Waals surface area contributed by atoms with Gasteiger partial charge in [0.2, 0.25) is 0 Å². The summed E-state index contributed by atoms with van der Waals surface area (Å²) in [4.78, 5) is 0. The van der Waals surface area contributed by atoms with Crippen LogP contribution in [0.4, 0.5) is 0 Å². The van der Waals surface area contributed by atoms with Gasteiger partial charge in [0, 0.05) is 6.42 Å². The van der Waals surface area contributed by atoms with Gasteiger partial charge in [0.1, 0.15) is 23.2 Å². The van der Waals surface area contributed by atoms with Crippen molar-refractivity contribution in [3.63, 3.8) is 0 Å². The summed E-state index contributed by atoms with van der Waals surface area (Å²) in [5, 5.41) is 13.1. The van der Waals surface area contributed by atoms with E-state index in [0.29, 0.717) is 6.42 Å². The van der Waals surface area contributed by atoms with E-state index in [1.54, 1.807) is 0 Å². The van der Waals surface area contributed by atoms with Gasteiger partial charge in [0.15, 0.2) is 0 Å². The molecule has 0 aliphatic rings. The number of hydrogen-bond acceptors (Lipinski definition) is 1. The van der Waals surface area contributed by atoms with Crippen LogP contribution < -0.4 is 15.9 Å². The largest absolute Gasteiger partial charge is 0.198 e. The molecule has 26 heavy (non-hydrogen) atoms. The van der Waals surface area contributed by atoms with E-state index in [2.05, 4.69) is 97.1 Å². The van der Waals surface area contributed by atoms with Crippen molar-refractivity contribution in [3.8, 4) is 6.07 Å². The van der Waals surface area contributed by atoms with Gasteiger partial charge in [0.05, 0.1) is 12.2 Å². The Hall–Kier alpha value is -2.42. The van der Waals surface area contributed by atoms with Gasteiger partial charge >= 0.3 is 0 Å². The predicted molar refractivity (Wildman–Crippen MR) is 114 cm³/mol. The van der Waals surface area contributed by atoms with E-state index in [-0.39, 0.29) is 0 Å². The van der Waals surface area contributed by atoms with Crippen molar-refractivity contribution in [2.45, 2.75) is 25.7 Å². The van der Waals surface area contributed by atoms with Gasteiger partial charge in [-0.2, -0.15) is 5.26 Å². The summed E-state index contributed by atoms with van der Waals surface area (Å²) in [6, 6.07) is 35.3. The first kappa shape index (κ1) is 18.4. The van der Waals surface area contributed by atoms with Crippen molar-refractivity contribution in [2.24, 2.45) is 0 Å². The van der Waals surface area contributed by atoms with Crippen molar-refractivity contribution in [3.05, 3.63) is 91.0 Å². The Morgan fingerprint density at radius 2 is 1.00 bits per heavy atom. The Kier molecular flexibility index (Phi) is 6.59. The number of hydrogen-bond donors (Lipinski definition) is 0. The summed E-state index contributed by atoms with van der Waals surface area (Å²) in [6.45, 7) is 0. The van der Waals surface area contributed by atoms with E-state index in [4.69, 9.17) is 5.26 Å². The van der Waals surface area contributed by atoms with Crippen molar-refractivity contribution < 1.29 is 0 Å². The molecule has 0 fully saturated rings. The molecule has 2 heteroatoms. The summed E-state index contributed by atoms with van der Waals surface area (Å²) in [7, 11) is -1.68. The minimum atomic E-state index is -1.68. The van der Waals surface area contributed by atoms with Crippen LogP contribution in [-0.2, 0) is 0 Å². The van der Waals surface area contributed by atoms with Gasteiger partial charge in [0.25, 0.3) is 0 Å². The van der Waals surface area contributed by atoms with Crippen LogP contribution in [0.2, 0.25) is 0 Å². The molecule has 3 rings (SSSR count). The number of unbranched alkanes of at least 4 members (excludes halogenated alkanes) is 3. The van der Waals surface area contributed by atoms with Gasteiger partial charge in [-0.1, -0.05) is 54.6 Å². The molecule has 3 aromatic rings. The molecule has 0 aliphatic heterocycles. The second-order valence-corrected chi connectivity index (χ2v) is 10.1. The summed E-state index contributed by atoms with van der Waals surface area (Å²) in [6.07, 6.45) is 5.06. The van der Waals surface area contributed by atoms with Crippen LogP contribution in [-0.4, -0.2) is 6.16 Å². The summed E-state index contributed by atoms with van der Waals surface area (Å²) in [5.41, 5.74) is 0. The van der Waals surface area contributed by atoms with Crippen LogP contribution in [0.1, 0.15) is 25.7 Å². The van der Waals surface area contributed by atoms with Crippen LogP contribution in [0.15, 0.2) is 91.0 Å². The average molecular weight is 358 g/mol. The molecule has 0 N–H and O–H groups in total. The van der Waals surface area contributed by atoms with Crippen molar-refractivity contribution >= 4 is 23.2 Å². The van der Waals surface area contributed by atoms with Crippen LogP contribution in [0.5, 0.6) is 0 Å². The fourth-order valence-corrected chi connectivity index (χ4v) is 8.02. The fraction of sp³-hybridized carbons (Fsp3) is 0.208. The Morgan fingerprint density at radius 1 is 0.577 bits per heavy atom. The SMILES string of the molecule is N#CCCCCC[P+](c1ccccc1)(c1ccccc1)c1ccccc1. The second-order valence-electron chi connectivity index (χ2n) is 6.51. The molecule has 0 unspecified atom stereocenters. The summed E-state index contributed by atoms with van der Waals surface area (Å²) < 4.78 is 0. The molecule has 0 atom stereocenters. The van der Waals surface area contributed by atoms with E-state index in [1.165, 1.54) is 15.9 Å². The zero-order valence-electron chi connectivity index (χ0n) is 15.1. The number of nitriles is 1. The van der Waals surface area contributed by atoms with Gasteiger partial charge in [-0.25, -0.2) is 0 Å². The highest BCUT2D eigenvalue weighted by Crippen LogP contribution is 2.55. The molecule has 0 saturated heterocycles. The standard InChI is InChI=1S/C24H25NP/c25-20-12-1-2-13-21-26(22-14-6-3-7-15-22,23-16-8-4-9-17-23)24-18-10-5-11-19-24/h3-11,14-19H,1-2,12-13,21H2/q+1. The lowest BCUT2D eigenvalue weighted by atomic mass is 10.2. The van der Waals surface area contributed by atoms with Crippen LogP contribution in [0, 0.1) is 11.3 Å². The van der Waals surface area contributed by atoms with Crippen LogP contribution >= 0.6 is 7.26 Å². The molecule has 0 aromatic heterocycles. The van der Waals surface area contributed by atoms with Gasteiger partial charge in [-0.15, -0.1) is 0 Å². The maximum atomic E-state index is 8.82. The smallest absolute Gasteiger partial charge is 0.112 e. The number of nitrogens with zero attached hydrogens (tertiary/aromatic N) is 1. The van der Waals surface area contributed by atoms with Gasteiger partial charge in [-0.3, -0.25) is 0 Å². The lowest BCUT2D eigenvalue weighted by Gasteiger charge is -2.27. The van der Waals surface area contributed by atoms with E-state index < -0.39 is 7.26 Å². The Morgan fingerprint density at radius 3 is 1.38 bits per heavy atom. The molecule has 3 aromatic carbocycles. The zero-order chi connectivity index (χ0) is 18.1. The third-order valence-corrected chi connectivity index (χ3v) is 9.40. The summed E-state index contributed by atoms with van der Waals surface area (Å²) >= 11 is 0. The molecule has 0 aliphatic carbocycles. The van der Waals surface area contributed by atoms with E-state index >= 15 is 0 Å². The molecule has 1 nitrogen and oxygen atoms in total. The van der Waals surface area contributed by atoms with Crippen LogP contribution in [0.25, 0.3) is 0 Å². The second kappa shape index (κ2) is 9.33. The van der Waals surface area contributed by atoms with Gasteiger partial charge in [-0.05, 0) is 55.7 Å². The monoisotopic (exact) mass is 358 g/mol. The first-order valence-corrected chi connectivity index (χ1v) is 11.3. The molecule has 0 radical (unpaired) electrons. The third-order valence-electron chi connectivity index (χ3n) is 4.87. The topological polar surface area (TPSA) is 23.8 Å². The van der Waals surface area contributed by atoms with E-state index in [1.807, 2.05) is 0 Å². The maximum absolute atomic E-state index is 8.82. The Bertz CT molecular complexity index is 726. The first-order valence-electron chi connectivity index (χ1n) is 9.30. The molecule has 0 heterocycles. The minimum absolute atomic E-state index is 0.660. The van der Waals surface area contributed by atoms with Crippen molar-refractivity contribution in [1.82, 2.24) is 0 Å². The maximum Gasteiger partial charge on any atom is 0.112 e. The fourth-order valence-electron chi connectivity index (χ4n) is 3.61. The Balaban J connectivity index is 2.07. The average Bonchev–Trinajstić information content (AvgIpc) is 2.73. The molecule has 130 valence electrons. The highest BCUT2D eigenvalue weighted by atomic mass is 31.2.